The highest BCUT2D eigenvalue weighted by atomic mass is 32.2. The van der Waals surface area contributed by atoms with Gasteiger partial charge in [0.2, 0.25) is 0 Å². The van der Waals surface area contributed by atoms with Gasteiger partial charge in [-0.05, 0) is 24.8 Å². The zero-order valence-corrected chi connectivity index (χ0v) is 14.1. The summed E-state index contributed by atoms with van der Waals surface area (Å²) in [5.41, 5.74) is 2.04. The number of hydrogen-bond acceptors (Lipinski definition) is 6. The van der Waals surface area contributed by atoms with Crippen LogP contribution in [-0.2, 0) is 25.6 Å². The van der Waals surface area contributed by atoms with Crippen molar-refractivity contribution in [2.24, 2.45) is 5.92 Å². The Morgan fingerprint density at radius 2 is 2.04 bits per heavy atom. The number of aromatic nitrogens is 2. The van der Waals surface area contributed by atoms with E-state index in [1.54, 1.807) is 18.0 Å². The molecule has 0 fully saturated rings. The minimum absolute atomic E-state index is 0.239. The van der Waals surface area contributed by atoms with E-state index in [1.165, 1.54) is 14.2 Å². The van der Waals surface area contributed by atoms with Gasteiger partial charge in [-0.3, -0.25) is 9.59 Å². The Morgan fingerprint density at radius 3 is 2.65 bits per heavy atom. The lowest BCUT2D eigenvalue weighted by Gasteiger charge is -2.18. The molecule has 1 aliphatic rings. The van der Waals surface area contributed by atoms with E-state index in [0.717, 1.165) is 28.2 Å². The predicted molar refractivity (Wildman–Crippen MR) is 86.4 cm³/mol. The first-order chi connectivity index (χ1) is 11.1. The van der Waals surface area contributed by atoms with Crippen LogP contribution in [0, 0.1) is 5.92 Å². The molecular weight excluding hydrogens is 316 g/mol. The van der Waals surface area contributed by atoms with E-state index in [0.29, 0.717) is 6.42 Å². The number of hydrogen-bond donors (Lipinski definition) is 0. The molecule has 0 radical (unpaired) electrons. The first-order valence-electron chi connectivity index (χ1n) is 7.30. The van der Waals surface area contributed by atoms with E-state index in [2.05, 4.69) is 9.55 Å². The van der Waals surface area contributed by atoms with Crippen LogP contribution >= 0.6 is 11.8 Å². The Balaban J connectivity index is 2.09. The molecule has 1 atom stereocenters. The van der Waals surface area contributed by atoms with Crippen LogP contribution in [-0.4, -0.2) is 42.0 Å². The average molecular weight is 334 g/mol. The standard InChI is InChI=1S/C16H18N2O4S/c1-21-15(19)13(16(20)22-2)9-5-7-18-11-4-6-17-14(23-3)10(11)8-12(9)18/h4,6,8-9,13H,5,7H2,1-3H3. The molecule has 0 aromatic carbocycles. The fraction of sp³-hybridized carbons (Fsp3) is 0.438. The first-order valence-corrected chi connectivity index (χ1v) is 8.52. The Kier molecular flexibility index (Phi) is 4.30. The Morgan fingerprint density at radius 1 is 1.35 bits per heavy atom. The van der Waals surface area contributed by atoms with Crippen molar-refractivity contribution in [3.63, 3.8) is 0 Å². The summed E-state index contributed by atoms with van der Waals surface area (Å²) in [5.74, 6) is -2.27. The van der Waals surface area contributed by atoms with Crippen LogP contribution in [0.25, 0.3) is 10.9 Å². The molecule has 3 rings (SSSR count). The van der Waals surface area contributed by atoms with E-state index in [4.69, 9.17) is 9.47 Å². The third-order valence-corrected chi connectivity index (χ3v) is 5.09. The zero-order chi connectivity index (χ0) is 16.6. The Labute approximate surface area is 138 Å². The second-order valence-corrected chi connectivity index (χ2v) is 6.19. The molecule has 23 heavy (non-hydrogen) atoms. The summed E-state index contributed by atoms with van der Waals surface area (Å²) >= 11 is 1.58. The van der Waals surface area contributed by atoms with Crippen LogP contribution < -0.4 is 0 Å². The SMILES string of the molecule is COC(=O)C(C(=O)OC)C1CCn2c1cc1c(SC)nccc12. The second-order valence-electron chi connectivity index (χ2n) is 5.39. The Bertz CT molecular complexity index is 755. The molecule has 0 saturated carbocycles. The third-order valence-electron chi connectivity index (χ3n) is 4.37. The maximum absolute atomic E-state index is 12.1. The van der Waals surface area contributed by atoms with Gasteiger partial charge in [-0.2, -0.15) is 0 Å². The van der Waals surface area contributed by atoms with Crippen molar-refractivity contribution < 1.29 is 19.1 Å². The Hall–Kier alpha value is -2.02. The lowest BCUT2D eigenvalue weighted by atomic mass is 9.88. The lowest BCUT2D eigenvalue weighted by Crippen LogP contribution is -2.31. The number of fused-ring (bicyclic) bond motifs is 3. The fourth-order valence-corrected chi connectivity index (χ4v) is 3.88. The van der Waals surface area contributed by atoms with Crippen molar-refractivity contribution in [2.45, 2.75) is 23.9 Å². The molecule has 1 aliphatic heterocycles. The molecular formula is C16H18N2O4S. The van der Waals surface area contributed by atoms with Crippen LogP contribution in [0.3, 0.4) is 0 Å². The molecule has 0 saturated heterocycles. The maximum atomic E-state index is 12.1. The molecule has 1 unspecified atom stereocenters. The van der Waals surface area contributed by atoms with Crippen LogP contribution in [0.4, 0.5) is 0 Å². The maximum Gasteiger partial charge on any atom is 0.320 e. The second kappa shape index (κ2) is 6.23. The molecule has 0 amide bonds. The largest absolute Gasteiger partial charge is 0.468 e. The minimum Gasteiger partial charge on any atom is -0.468 e. The molecule has 0 aliphatic carbocycles. The summed E-state index contributed by atoms with van der Waals surface area (Å²) in [6.07, 6.45) is 4.47. The van der Waals surface area contributed by atoms with Crippen LogP contribution in [0.5, 0.6) is 0 Å². The number of carbonyl (C=O) groups is 2. The van der Waals surface area contributed by atoms with Crippen LogP contribution in [0.1, 0.15) is 18.0 Å². The number of nitrogens with zero attached hydrogens (tertiary/aromatic N) is 2. The smallest absolute Gasteiger partial charge is 0.320 e. The molecule has 6 nitrogen and oxygen atoms in total. The average Bonchev–Trinajstić information content (AvgIpc) is 3.14. The normalized spacial score (nSPS) is 16.6. The van der Waals surface area contributed by atoms with E-state index in [9.17, 15) is 9.59 Å². The fourth-order valence-electron chi connectivity index (χ4n) is 3.33. The van der Waals surface area contributed by atoms with Gasteiger partial charge in [0.15, 0.2) is 5.92 Å². The number of pyridine rings is 1. The number of esters is 2. The van der Waals surface area contributed by atoms with E-state index in [1.807, 2.05) is 18.4 Å². The highest BCUT2D eigenvalue weighted by Crippen LogP contribution is 2.41. The first kappa shape index (κ1) is 15.9. The summed E-state index contributed by atoms with van der Waals surface area (Å²) in [7, 11) is 2.58. The van der Waals surface area contributed by atoms with E-state index >= 15 is 0 Å². The number of thioether (sulfide) groups is 1. The molecule has 2 aromatic rings. The van der Waals surface area contributed by atoms with Gasteiger partial charge < -0.3 is 14.0 Å². The summed E-state index contributed by atoms with van der Waals surface area (Å²) in [4.78, 5) is 28.6. The van der Waals surface area contributed by atoms with Crippen molar-refractivity contribution in [1.29, 1.82) is 0 Å². The van der Waals surface area contributed by atoms with Crippen LogP contribution in [0.15, 0.2) is 23.4 Å². The van der Waals surface area contributed by atoms with Crippen molar-refractivity contribution in [2.75, 3.05) is 20.5 Å². The van der Waals surface area contributed by atoms with Crippen molar-refractivity contribution in [3.8, 4) is 0 Å². The van der Waals surface area contributed by atoms with Gasteiger partial charge in [0.25, 0.3) is 0 Å². The van der Waals surface area contributed by atoms with Crippen molar-refractivity contribution >= 4 is 34.6 Å². The van der Waals surface area contributed by atoms with Gasteiger partial charge in [-0.1, -0.05) is 0 Å². The van der Waals surface area contributed by atoms with Crippen molar-refractivity contribution in [3.05, 3.63) is 24.0 Å². The van der Waals surface area contributed by atoms with Gasteiger partial charge in [0.05, 0.1) is 19.7 Å². The summed E-state index contributed by atoms with van der Waals surface area (Å²) in [6.45, 7) is 0.756. The van der Waals surface area contributed by atoms with E-state index < -0.39 is 17.9 Å². The van der Waals surface area contributed by atoms with Gasteiger partial charge >= 0.3 is 11.9 Å². The monoisotopic (exact) mass is 334 g/mol. The third kappa shape index (κ3) is 2.49. The molecule has 3 heterocycles. The predicted octanol–water partition coefficient (Wildman–Crippen LogP) is 2.21. The topological polar surface area (TPSA) is 70.4 Å². The van der Waals surface area contributed by atoms with E-state index in [-0.39, 0.29) is 5.92 Å². The summed E-state index contributed by atoms with van der Waals surface area (Å²) in [6, 6.07) is 4.00. The van der Waals surface area contributed by atoms with Gasteiger partial charge in [0, 0.05) is 29.7 Å². The van der Waals surface area contributed by atoms with Gasteiger partial charge in [-0.25, -0.2) is 4.98 Å². The molecule has 0 bridgehead atoms. The summed E-state index contributed by atoms with van der Waals surface area (Å²) in [5, 5.41) is 1.99. The van der Waals surface area contributed by atoms with Crippen molar-refractivity contribution in [1.82, 2.24) is 9.55 Å². The number of rotatable bonds is 4. The highest BCUT2D eigenvalue weighted by molar-refractivity contribution is 7.98. The van der Waals surface area contributed by atoms with Gasteiger partial charge in [-0.15, -0.1) is 11.8 Å². The zero-order valence-electron chi connectivity index (χ0n) is 13.2. The highest BCUT2D eigenvalue weighted by Gasteiger charge is 2.42. The molecule has 0 spiro atoms. The number of ether oxygens (including phenoxy) is 2. The lowest BCUT2D eigenvalue weighted by molar-refractivity contribution is -0.160. The number of aryl methyl sites for hydroxylation is 1. The quantitative estimate of drug-likeness (QED) is 0.485. The molecule has 7 heteroatoms. The summed E-state index contributed by atoms with van der Waals surface area (Å²) < 4.78 is 11.8. The minimum atomic E-state index is -0.929. The number of methoxy groups -OCH3 is 2. The molecule has 0 N–H and O–H groups in total. The number of carbonyl (C=O) groups excluding carboxylic acids is 2. The molecule has 2 aromatic heterocycles. The van der Waals surface area contributed by atoms with Crippen LogP contribution in [0.2, 0.25) is 0 Å². The van der Waals surface area contributed by atoms with Gasteiger partial charge in [0.1, 0.15) is 5.03 Å². The molecule has 122 valence electrons.